The van der Waals surface area contributed by atoms with Gasteiger partial charge >= 0.3 is 6.18 Å². The Morgan fingerprint density at radius 2 is 1.81 bits per heavy atom. The number of carbonyl (C=O) groups excluding carboxylic acids is 1. The third-order valence-corrected chi connectivity index (χ3v) is 3.85. The van der Waals surface area contributed by atoms with Crippen molar-refractivity contribution in [3.05, 3.63) is 59.2 Å². The van der Waals surface area contributed by atoms with Gasteiger partial charge in [0.05, 0.1) is 19.8 Å². The van der Waals surface area contributed by atoms with Crippen LogP contribution in [-0.4, -0.2) is 20.1 Å². The van der Waals surface area contributed by atoms with Crippen molar-refractivity contribution in [2.75, 3.05) is 14.2 Å². The van der Waals surface area contributed by atoms with Crippen LogP contribution in [0.25, 0.3) is 0 Å². The van der Waals surface area contributed by atoms with E-state index in [2.05, 4.69) is 5.32 Å². The number of methoxy groups -OCH3 is 2. The van der Waals surface area contributed by atoms with Gasteiger partial charge in [-0.05, 0) is 35.7 Å². The molecule has 4 nitrogen and oxygen atoms in total. The van der Waals surface area contributed by atoms with Gasteiger partial charge in [0.15, 0.2) is 11.5 Å². The van der Waals surface area contributed by atoms with Gasteiger partial charge < -0.3 is 14.8 Å². The molecule has 7 heteroatoms. The van der Waals surface area contributed by atoms with Gasteiger partial charge in [0.1, 0.15) is 0 Å². The molecule has 0 aliphatic rings. The van der Waals surface area contributed by atoms with Crippen molar-refractivity contribution < 1.29 is 27.4 Å². The summed E-state index contributed by atoms with van der Waals surface area (Å²) in [4.78, 5) is 12.0. The van der Waals surface area contributed by atoms with Crippen molar-refractivity contribution in [1.82, 2.24) is 5.32 Å². The van der Waals surface area contributed by atoms with E-state index in [1.165, 1.54) is 20.3 Å². The lowest BCUT2D eigenvalue weighted by Crippen LogP contribution is -2.23. The molecule has 0 unspecified atom stereocenters. The zero-order valence-corrected chi connectivity index (χ0v) is 14.5. The number of benzene rings is 2. The van der Waals surface area contributed by atoms with E-state index in [1.807, 2.05) is 6.07 Å². The SMILES string of the molecule is COc1cccc(CCC(=O)NCc2cccc(C(F)(F)F)c2)c1OC. The zero-order valence-electron chi connectivity index (χ0n) is 14.5. The van der Waals surface area contributed by atoms with Gasteiger partial charge in [-0.25, -0.2) is 0 Å². The fourth-order valence-electron chi connectivity index (χ4n) is 2.55. The van der Waals surface area contributed by atoms with Crippen LogP contribution in [0.4, 0.5) is 13.2 Å². The molecule has 2 aromatic carbocycles. The minimum absolute atomic E-state index is 0.0397. The molecule has 0 radical (unpaired) electrons. The van der Waals surface area contributed by atoms with E-state index in [1.54, 1.807) is 18.2 Å². The van der Waals surface area contributed by atoms with Gasteiger partial charge in [0.25, 0.3) is 0 Å². The number of nitrogens with one attached hydrogen (secondary N) is 1. The summed E-state index contributed by atoms with van der Waals surface area (Å²) in [5.74, 6) is 0.891. The normalized spacial score (nSPS) is 11.1. The quantitative estimate of drug-likeness (QED) is 0.806. The Morgan fingerprint density at radius 3 is 2.46 bits per heavy atom. The molecule has 2 aromatic rings. The Bertz CT molecular complexity index is 760. The monoisotopic (exact) mass is 367 g/mol. The molecule has 1 amide bonds. The fourth-order valence-corrected chi connectivity index (χ4v) is 2.55. The molecule has 0 saturated carbocycles. The fraction of sp³-hybridized carbons (Fsp3) is 0.316. The Hall–Kier alpha value is -2.70. The van der Waals surface area contributed by atoms with E-state index in [9.17, 15) is 18.0 Å². The van der Waals surface area contributed by atoms with Gasteiger partial charge in [-0.15, -0.1) is 0 Å². The van der Waals surface area contributed by atoms with Crippen LogP contribution in [0.1, 0.15) is 23.1 Å². The summed E-state index contributed by atoms with van der Waals surface area (Å²) in [6, 6.07) is 10.3. The molecule has 0 atom stereocenters. The molecule has 0 aliphatic carbocycles. The second-order valence-electron chi connectivity index (χ2n) is 5.63. The number of para-hydroxylation sites is 1. The molecular formula is C19H20F3NO3. The molecule has 140 valence electrons. The van der Waals surface area contributed by atoms with Crippen LogP contribution in [-0.2, 0) is 23.9 Å². The number of rotatable bonds is 7. The summed E-state index contributed by atoms with van der Waals surface area (Å²) in [5, 5.41) is 2.64. The summed E-state index contributed by atoms with van der Waals surface area (Å²) in [7, 11) is 3.05. The van der Waals surface area contributed by atoms with E-state index in [0.29, 0.717) is 23.5 Å². The molecule has 0 saturated heterocycles. The highest BCUT2D eigenvalue weighted by Gasteiger charge is 2.30. The minimum Gasteiger partial charge on any atom is -0.493 e. The molecule has 0 spiro atoms. The van der Waals surface area contributed by atoms with E-state index < -0.39 is 11.7 Å². The van der Waals surface area contributed by atoms with Gasteiger partial charge in [-0.3, -0.25) is 4.79 Å². The summed E-state index contributed by atoms with van der Waals surface area (Å²) in [5.41, 5.74) is 0.485. The van der Waals surface area contributed by atoms with Crippen molar-refractivity contribution in [3.63, 3.8) is 0 Å². The van der Waals surface area contributed by atoms with Crippen LogP contribution in [0.2, 0.25) is 0 Å². The van der Waals surface area contributed by atoms with Crippen molar-refractivity contribution in [1.29, 1.82) is 0 Å². The van der Waals surface area contributed by atoms with Crippen LogP contribution in [0.15, 0.2) is 42.5 Å². The lowest BCUT2D eigenvalue weighted by molar-refractivity contribution is -0.137. The van der Waals surface area contributed by atoms with Crippen molar-refractivity contribution in [2.24, 2.45) is 0 Å². The number of hydrogen-bond donors (Lipinski definition) is 1. The maximum Gasteiger partial charge on any atom is 0.416 e. The largest absolute Gasteiger partial charge is 0.493 e. The second-order valence-corrected chi connectivity index (χ2v) is 5.63. The molecule has 0 heterocycles. The minimum atomic E-state index is -4.40. The van der Waals surface area contributed by atoms with Crippen LogP contribution < -0.4 is 14.8 Å². The average molecular weight is 367 g/mol. The maximum absolute atomic E-state index is 12.7. The smallest absolute Gasteiger partial charge is 0.416 e. The zero-order chi connectivity index (χ0) is 19.2. The van der Waals surface area contributed by atoms with Crippen LogP contribution in [0.5, 0.6) is 11.5 Å². The Labute approximate surface area is 149 Å². The summed E-state index contributed by atoms with van der Waals surface area (Å²) >= 11 is 0. The predicted molar refractivity (Wildman–Crippen MR) is 91.2 cm³/mol. The number of ether oxygens (including phenoxy) is 2. The standard InChI is InChI=1S/C19H20F3NO3/c1-25-16-8-4-6-14(18(16)26-2)9-10-17(24)23-12-13-5-3-7-15(11-13)19(20,21)22/h3-8,11H,9-10,12H2,1-2H3,(H,23,24). The molecule has 0 aromatic heterocycles. The van der Waals surface area contributed by atoms with E-state index in [0.717, 1.165) is 17.7 Å². The summed E-state index contributed by atoms with van der Waals surface area (Å²) < 4.78 is 48.6. The first kappa shape index (κ1) is 19.6. The highest BCUT2D eigenvalue weighted by atomic mass is 19.4. The van der Waals surface area contributed by atoms with Gasteiger partial charge in [0, 0.05) is 13.0 Å². The molecule has 2 rings (SSSR count). The topological polar surface area (TPSA) is 47.6 Å². The van der Waals surface area contributed by atoms with Gasteiger partial charge in [0.2, 0.25) is 5.91 Å². The number of aryl methyl sites for hydroxylation is 1. The number of carbonyl (C=O) groups is 1. The molecule has 0 bridgehead atoms. The Morgan fingerprint density at radius 1 is 1.08 bits per heavy atom. The number of halogens is 3. The highest BCUT2D eigenvalue weighted by Crippen LogP contribution is 2.31. The number of amides is 1. The van der Waals surface area contributed by atoms with Crippen molar-refractivity contribution in [2.45, 2.75) is 25.6 Å². The molecule has 0 fully saturated rings. The van der Waals surface area contributed by atoms with Gasteiger partial charge in [-0.1, -0.05) is 24.3 Å². The Kier molecular flexibility index (Phi) is 6.49. The molecule has 26 heavy (non-hydrogen) atoms. The third-order valence-electron chi connectivity index (χ3n) is 3.85. The summed E-state index contributed by atoms with van der Waals surface area (Å²) in [6.07, 6.45) is -3.79. The number of alkyl halides is 3. The predicted octanol–water partition coefficient (Wildman–Crippen LogP) is 3.97. The second kappa shape index (κ2) is 8.60. The first-order valence-electron chi connectivity index (χ1n) is 7.98. The van der Waals surface area contributed by atoms with Gasteiger partial charge in [-0.2, -0.15) is 13.2 Å². The average Bonchev–Trinajstić information content (AvgIpc) is 2.63. The summed E-state index contributed by atoms with van der Waals surface area (Å²) in [6.45, 7) is 0.0397. The highest BCUT2D eigenvalue weighted by molar-refractivity contribution is 5.76. The Balaban J connectivity index is 1.92. The van der Waals surface area contributed by atoms with E-state index >= 15 is 0 Å². The lowest BCUT2D eigenvalue weighted by atomic mass is 10.1. The molecule has 0 aliphatic heterocycles. The van der Waals surface area contributed by atoms with E-state index in [-0.39, 0.29) is 18.9 Å². The van der Waals surface area contributed by atoms with Crippen LogP contribution >= 0.6 is 0 Å². The molecular weight excluding hydrogens is 347 g/mol. The number of hydrogen-bond acceptors (Lipinski definition) is 3. The van der Waals surface area contributed by atoms with Crippen LogP contribution in [0.3, 0.4) is 0 Å². The molecule has 1 N–H and O–H groups in total. The lowest BCUT2D eigenvalue weighted by Gasteiger charge is -2.13. The first-order chi connectivity index (χ1) is 12.3. The van der Waals surface area contributed by atoms with Crippen molar-refractivity contribution in [3.8, 4) is 11.5 Å². The van der Waals surface area contributed by atoms with E-state index in [4.69, 9.17) is 9.47 Å². The van der Waals surface area contributed by atoms with Crippen LogP contribution in [0, 0.1) is 0 Å². The maximum atomic E-state index is 12.7. The van der Waals surface area contributed by atoms with Crippen molar-refractivity contribution >= 4 is 5.91 Å². The third kappa shape index (κ3) is 5.15. The first-order valence-corrected chi connectivity index (χ1v) is 7.98.